The number of alkyl halides is 1. The number of benzene rings is 1. The van der Waals surface area contributed by atoms with Crippen LogP contribution in [0.2, 0.25) is 0 Å². The fraction of sp³-hybridized carbons (Fsp3) is 0.400. The predicted octanol–water partition coefficient (Wildman–Crippen LogP) is 3.55. The lowest BCUT2D eigenvalue weighted by Gasteiger charge is -2.07. The highest BCUT2D eigenvalue weighted by atomic mass is 35.5. The minimum atomic E-state index is 0.583. The summed E-state index contributed by atoms with van der Waals surface area (Å²) in [4.78, 5) is 1.22. The molecule has 0 unspecified atom stereocenters. The molecule has 0 bridgehead atoms. The maximum atomic E-state index is 5.68. The maximum Gasteiger partial charge on any atom is 0.119 e. The molecule has 3 heteroatoms. The second-order valence-corrected chi connectivity index (χ2v) is 4.18. The average Bonchev–Trinajstić information content (AvgIpc) is 2.18. The summed E-state index contributed by atoms with van der Waals surface area (Å²) in [5.41, 5.74) is 1.33. The molecule has 0 N–H and O–H groups in total. The summed E-state index contributed by atoms with van der Waals surface area (Å²) < 4.78 is 5.14. The fourth-order valence-corrected chi connectivity index (χ4v) is 2.21. The number of aryl methyl sites for hydroxylation is 1. The molecule has 1 nitrogen and oxygen atoms in total. The molecular formula is C10H13ClOS. The first-order valence-corrected chi connectivity index (χ1v) is 5.69. The Balaban J connectivity index is 2.95. The Hall–Kier alpha value is -0.340. The Morgan fingerprint density at radius 3 is 2.77 bits per heavy atom. The Labute approximate surface area is 88.4 Å². The lowest BCUT2D eigenvalue weighted by molar-refractivity contribution is 0.413. The third-order valence-electron chi connectivity index (χ3n) is 1.87. The molecule has 72 valence electrons. The number of methoxy groups -OCH3 is 1. The molecule has 1 aromatic carbocycles. The quantitative estimate of drug-likeness (QED) is 0.563. The van der Waals surface area contributed by atoms with Gasteiger partial charge in [0, 0.05) is 4.90 Å². The van der Waals surface area contributed by atoms with Crippen LogP contribution >= 0.6 is 23.4 Å². The first-order chi connectivity index (χ1) is 6.31. The van der Waals surface area contributed by atoms with Gasteiger partial charge in [-0.2, -0.15) is 0 Å². The zero-order chi connectivity index (χ0) is 9.68. The van der Waals surface area contributed by atoms with Crippen LogP contribution in [0.5, 0.6) is 5.75 Å². The Kier molecular flexibility index (Phi) is 4.46. The predicted molar refractivity (Wildman–Crippen MR) is 58.9 cm³/mol. The second kappa shape index (κ2) is 5.40. The molecule has 1 aromatic rings. The van der Waals surface area contributed by atoms with Gasteiger partial charge in [0.25, 0.3) is 0 Å². The van der Waals surface area contributed by atoms with Crippen molar-refractivity contribution in [2.45, 2.75) is 18.2 Å². The zero-order valence-corrected chi connectivity index (χ0v) is 9.41. The zero-order valence-electron chi connectivity index (χ0n) is 7.84. The van der Waals surface area contributed by atoms with Gasteiger partial charge in [-0.3, -0.25) is 0 Å². The monoisotopic (exact) mass is 216 g/mol. The smallest absolute Gasteiger partial charge is 0.119 e. The van der Waals surface area contributed by atoms with Crippen LogP contribution in [0.1, 0.15) is 12.5 Å². The molecule has 0 radical (unpaired) electrons. The van der Waals surface area contributed by atoms with Crippen LogP contribution in [0.25, 0.3) is 0 Å². The van der Waals surface area contributed by atoms with Gasteiger partial charge in [-0.05, 0) is 24.1 Å². The summed E-state index contributed by atoms with van der Waals surface area (Å²) >= 11 is 7.32. The fourth-order valence-electron chi connectivity index (χ4n) is 1.15. The van der Waals surface area contributed by atoms with E-state index in [2.05, 4.69) is 13.0 Å². The van der Waals surface area contributed by atoms with Gasteiger partial charge in [-0.1, -0.05) is 13.0 Å². The molecule has 0 amide bonds. The Morgan fingerprint density at radius 1 is 1.46 bits per heavy atom. The van der Waals surface area contributed by atoms with Gasteiger partial charge >= 0.3 is 0 Å². The molecule has 0 aliphatic heterocycles. The lowest BCUT2D eigenvalue weighted by Crippen LogP contribution is -1.88. The molecule has 1 rings (SSSR count). The third-order valence-corrected chi connectivity index (χ3v) is 2.99. The number of hydrogen-bond acceptors (Lipinski definition) is 2. The summed E-state index contributed by atoms with van der Waals surface area (Å²) in [5, 5.41) is 0.583. The van der Waals surface area contributed by atoms with Crippen molar-refractivity contribution < 1.29 is 4.74 Å². The topological polar surface area (TPSA) is 9.23 Å². The van der Waals surface area contributed by atoms with Crippen LogP contribution in [0.15, 0.2) is 23.1 Å². The summed E-state index contributed by atoms with van der Waals surface area (Å²) in [6, 6.07) is 6.11. The number of ether oxygens (including phenoxy) is 1. The highest BCUT2D eigenvalue weighted by Crippen LogP contribution is 2.28. The Morgan fingerprint density at radius 2 is 2.23 bits per heavy atom. The maximum absolute atomic E-state index is 5.68. The number of halogens is 1. The summed E-state index contributed by atoms with van der Waals surface area (Å²) in [6.45, 7) is 2.14. The van der Waals surface area contributed by atoms with Crippen LogP contribution in [0.4, 0.5) is 0 Å². The van der Waals surface area contributed by atoms with Gasteiger partial charge in [0.1, 0.15) is 5.75 Å². The van der Waals surface area contributed by atoms with Crippen molar-refractivity contribution >= 4 is 23.4 Å². The van der Waals surface area contributed by atoms with E-state index in [4.69, 9.17) is 16.3 Å². The van der Waals surface area contributed by atoms with E-state index in [1.165, 1.54) is 10.5 Å². The van der Waals surface area contributed by atoms with Gasteiger partial charge in [0.15, 0.2) is 0 Å². The molecule has 0 heterocycles. The van der Waals surface area contributed by atoms with Crippen LogP contribution in [-0.4, -0.2) is 12.3 Å². The Bertz CT molecular complexity index is 276. The van der Waals surface area contributed by atoms with Crippen LogP contribution in [-0.2, 0) is 6.42 Å². The van der Waals surface area contributed by atoms with Gasteiger partial charge in [-0.25, -0.2) is 0 Å². The summed E-state index contributed by atoms with van der Waals surface area (Å²) in [7, 11) is 1.68. The first kappa shape index (κ1) is 10.7. The van der Waals surface area contributed by atoms with Crippen molar-refractivity contribution in [3.05, 3.63) is 23.8 Å². The van der Waals surface area contributed by atoms with E-state index in [9.17, 15) is 0 Å². The van der Waals surface area contributed by atoms with Crippen molar-refractivity contribution in [2.75, 3.05) is 12.3 Å². The molecule has 0 aromatic heterocycles. The van der Waals surface area contributed by atoms with Gasteiger partial charge < -0.3 is 4.74 Å². The number of thioether (sulfide) groups is 1. The van der Waals surface area contributed by atoms with Crippen molar-refractivity contribution in [3.63, 3.8) is 0 Å². The molecule has 0 aliphatic rings. The summed E-state index contributed by atoms with van der Waals surface area (Å²) in [5.74, 6) is 0.893. The highest BCUT2D eigenvalue weighted by molar-refractivity contribution is 8.00. The molecule has 0 spiro atoms. The van der Waals surface area contributed by atoms with Crippen molar-refractivity contribution in [1.82, 2.24) is 0 Å². The molecule has 0 aliphatic carbocycles. The van der Waals surface area contributed by atoms with Crippen molar-refractivity contribution in [2.24, 2.45) is 0 Å². The minimum absolute atomic E-state index is 0.583. The van der Waals surface area contributed by atoms with E-state index in [1.807, 2.05) is 12.1 Å². The average molecular weight is 217 g/mol. The van der Waals surface area contributed by atoms with Gasteiger partial charge in [0.05, 0.1) is 12.3 Å². The lowest BCUT2D eigenvalue weighted by atomic mass is 10.2. The molecule has 0 fully saturated rings. The molecule has 0 atom stereocenters. The number of hydrogen-bond donors (Lipinski definition) is 0. The van der Waals surface area contributed by atoms with E-state index >= 15 is 0 Å². The van der Waals surface area contributed by atoms with Crippen LogP contribution < -0.4 is 4.74 Å². The molecule has 13 heavy (non-hydrogen) atoms. The highest BCUT2D eigenvalue weighted by Gasteiger charge is 2.02. The van der Waals surface area contributed by atoms with Gasteiger partial charge in [-0.15, -0.1) is 23.4 Å². The van der Waals surface area contributed by atoms with E-state index in [0.717, 1.165) is 12.2 Å². The first-order valence-electron chi connectivity index (χ1n) is 4.17. The van der Waals surface area contributed by atoms with E-state index in [1.54, 1.807) is 18.9 Å². The minimum Gasteiger partial charge on any atom is -0.497 e. The van der Waals surface area contributed by atoms with Crippen LogP contribution in [0.3, 0.4) is 0 Å². The largest absolute Gasteiger partial charge is 0.497 e. The molecular weight excluding hydrogens is 204 g/mol. The van der Waals surface area contributed by atoms with E-state index < -0.39 is 0 Å². The number of rotatable bonds is 4. The SMILES string of the molecule is CCc1ccc(OC)cc1SCCl. The normalized spacial score (nSPS) is 10.1. The van der Waals surface area contributed by atoms with E-state index in [0.29, 0.717) is 5.21 Å². The second-order valence-electron chi connectivity index (χ2n) is 2.58. The molecule has 0 saturated heterocycles. The van der Waals surface area contributed by atoms with Crippen molar-refractivity contribution in [1.29, 1.82) is 0 Å². The molecule has 0 saturated carbocycles. The standard InChI is InChI=1S/C10H13ClOS/c1-3-8-4-5-9(12-2)6-10(8)13-7-11/h4-6H,3,7H2,1-2H3. The van der Waals surface area contributed by atoms with Gasteiger partial charge in [0.2, 0.25) is 0 Å². The van der Waals surface area contributed by atoms with E-state index in [-0.39, 0.29) is 0 Å². The van der Waals surface area contributed by atoms with Crippen LogP contribution in [0, 0.1) is 0 Å². The summed E-state index contributed by atoms with van der Waals surface area (Å²) in [6.07, 6.45) is 1.03. The van der Waals surface area contributed by atoms with Crippen molar-refractivity contribution in [3.8, 4) is 5.75 Å². The third kappa shape index (κ3) is 2.82.